The van der Waals surface area contributed by atoms with Gasteiger partial charge in [-0.05, 0) is 0 Å². The van der Waals surface area contributed by atoms with E-state index in [0.29, 0.717) is 26.2 Å². The van der Waals surface area contributed by atoms with Crippen LogP contribution in [0.4, 0.5) is 0 Å². The molecule has 0 aromatic heterocycles. The number of rotatable bonds is 2. The first kappa shape index (κ1) is 12.0. The first-order valence-electron chi connectivity index (χ1n) is 4.98. The summed E-state index contributed by atoms with van der Waals surface area (Å²) in [4.78, 5) is 25.8. The molecule has 16 heavy (non-hydrogen) atoms. The van der Waals surface area contributed by atoms with E-state index in [9.17, 15) is 9.59 Å². The molecule has 0 aliphatic carbocycles. The molecule has 1 fully saturated rings. The summed E-state index contributed by atoms with van der Waals surface area (Å²) in [7, 11) is 0. The third-order valence-electron chi connectivity index (χ3n) is 2.45. The van der Waals surface area contributed by atoms with Crippen LogP contribution in [0.15, 0.2) is 0 Å². The standard InChI is InChI=1S/C10H12N4O2/c11-3-1-9(15)13-5-7-14(8-6-13)10(16)2-4-12/h1-2,5-8H2. The molecule has 0 aromatic rings. The van der Waals surface area contributed by atoms with E-state index in [1.165, 1.54) is 0 Å². The Labute approximate surface area is 93.6 Å². The second-order valence-corrected chi connectivity index (χ2v) is 3.43. The minimum atomic E-state index is -0.199. The van der Waals surface area contributed by atoms with E-state index in [-0.39, 0.29) is 24.7 Å². The number of nitrogens with zero attached hydrogens (tertiary/aromatic N) is 4. The molecule has 1 saturated heterocycles. The van der Waals surface area contributed by atoms with Gasteiger partial charge in [0, 0.05) is 26.2 Å². The summed E-state index contributed by atoms with van der Waals surface area (Å²) in [5.74, 6) is -0.398. The molecule has 0 atom stereocenters. The first-order valence-corrected chi connectivity index (χ1v) is 4.98. The largest absolute Gasteiger partial charge is 0.338 e. The molecule has 0 saturated carbocycles. The highest BCUT2D eigenvalue weighted by atomic mass is 16.2. The minimum absolute atomic E-state index is 0.119. The molecule has 0 unspecified atom stereocenters. The van der Waals surface area contributed by atoms with E-state index in [1.54, 1.807) is 21.9 Å². The number of hydrogen-bond donors (Lipinski definition) is 0. The van der Waals surface area contributed by atoms with Crippen LogP contribution in [0.25, 0.3) is 0 Å². The lowest BCUT2D eigenvalue weighted by molar-refractivity contribution is -0.138. The fourth-order valence-electron chi connectivity index (χ4n) is 1.56. The van der Waals surface area contributed by atoms with Gasteiger partial charge in [-0.2, -0.15) is 10.5 Å². The molecule has 1 aliphatic rings. The molecule has 0 bridgehead atoms. The van der Waals surface area contributed by atoms with Gasteiger partial charge >= 0.3 is 0 Å². The maximum absolute atomic E-state index is 11.3. The lowest BCUT2D eigenvalue weighted by Gasteiger charge is -2.34. The quantitative estimate of drug-likeness (QED) is 0.626. The zero-order valence-corrected chi connectivity index (χ0v) is 8.85. The summed E-state index contributed by atoms with van der Waals surface area (Å²) < 4.78 is 0. The Kier molecular flexibility index (Phi) is 4.28. The molecule has 1 aliphatic heterocycles. The predicted octanol–water partition coefficient (Wildman–Crippen LogP) is -0.515. The van der Waals surface area contributed by atoms with Gasteiger partial charge in [0.1, 0.15) is 12.8 Å². The number of carbonyl (C=O) groups excluding carboxylic acids is 2. The average molecular weight is 220 g/mol. The molecule has 1 heterocycles. The first-order chi connectivity index (χ1) is 7.69. The van der Waals surface area contributed by atoms with Crippen molar-refractivity contribution in [3.63, 3.8) is 0 Å². The Morgan fingerprint density at radius 3 is 1.44 bits per heavy atom. The highest BCUT2D eigenvalue weighted by molar-refractivity contribution is 5.80. The molecule has 0 aromatic carbocycles. The zero-order chi connectivity index (χ0) is 12.0. The van der Waals surface area contributed by atoms with Crippen LogP contribution in [0.1, 0.15) is 12.8 Å². The summed E-state index contributed by atoms with van der Waals surface area (Å²) in [6.07, 6.45) is -0.238. The lowest BCUT2D eigenvalue weighted by atomic mass is 10.2. The van der Waals surface area contributed by atoms with Crippen molar-refractivity contribution in [3.8, 4) is 12.1 Å². The van der Waals surface area contributed by atoms with Gasteiger partial charge in [-0.15, -0.1) is 0 Å². The van der Waals surface area contributed by atoms with Gasteiger partial charge in [0.15, 0.2) is 0 Å². The van der Waals surface area contributed by atoms with Gasteiger partial charge in [0.2, 0.25) is 11.8 Å². The number of hydrogen-bond acceptors (Lipinski definition) is 4. The van der Waals surface area contributed by atoms with Gasteiger partial charge in [-0.1, -0.05) is 0 Å². The van der Waals surface area contributed by atoms with Gasteiger partial charge in [0.25, 0.3) is 0 Å². The van der Waals surface area contributed by atoms with Crippen molar-refractivity contribution in [2.24, 2.45) is 0 Å². The minimum Gasteiger partial charge on any atom is -0.338 e. The van der Waals surface area contributed by atoms with Gasteiger partial charge < -0.3 is 9.80 Å². The van der Waals surface area contributed by atoms with Crippen molar-refractivity contribution >= 4 is 11.8 Å². The smallest absolute Gasteiger partial charge is 0.236 e. The molecule has 0 N–H and O–H groups in total. The molecule has 6 heteroatoms. The van der Waals surface area contributed by atoms with Crippen LogP contribution in [0.3, 0.4) is 0 Å². The van der Waals surface area contributed by atoms with E-state index >= 15 is 0 Å². The predicted molar refractivity (Wildman–Crippen MR) is 53.6 cm³/mol. The van der Waals surface area contributed by atoms with Crippen LogP contribution in [0.2, 0.25) is 0 Å². The fraction of sp³-hybridized carbons (Fsp3) is 0.600. The van der Waals surface area contributed by atoms with Crippen LogP contribution in [-0.4, -0.2) is 47.8 Å². The van der Waals surface area contributed by atoms with Crippen LogP contribution in [0.5, 0.6) is 0 Å². The van der Waals surface area contributed by atoms with Crippen molar-refractivity contribution in [1.29, 1.82) is 10.5 Å². The number of amides is 2. The van der Waals surface area contributed by atoms with Crippen molar-refractivity contribution < 1.29 is 9.59 Å². The summed E-state index contributed by atoms with van der Waals surface area (Å²) in [6.45, 7) is 1.77. The highest BCUT2D eigenvalue weighted by Crippen LogP contribution is 2.05. The van der Waals surface area contributed by atoms with Crippen LogP contribution < -0.4 is 0 Å². The summed E-state index contributed by atoms with van der Waals surface area (Å²) in [6, 6.07) is 3.61. The Morgan fingerprint density at radius 1 is 0.875 bits per heavy atom. The van der Waals surface area contributed by atoms with Crippen molar-refractivity contribution in [3.05, 3.63) is 0 Å². The van der Waals surface area contributed by atoms with E-state index < -0.39 is 0 Å². The molecular weight excluding hydrogens is 208 g/mol. The SMILES string of the molecule is N#CCC(=O)N1CCN(C(=O)CC#N)CC1. The number of carbonyl (C=O) groups is 2. The number of nitriles is 2. The third-order valence-corrected chi connectivity index (χ3v) is 2.45. The Morgan fingerprint density at radius 2 is 1.19 bits per heavy atom. The van der Waals surface area contributed by atoms with E-state index in [4.69, 9.17) is 10.5 Å². The lowest BCUT2D eigenvalue weighted by Crippen LogP contribution is -2.50. The summed E-state index contributed by atoms with van der Waals surface area (Å²) in [5, 5.41) is 16.8. The zero-order valence-electron chi connectivity index (χ0n) is 8.85. The molecule has 84 valence electrons. The fourth-order valence-corrected chi connectivity index (χ4v) is 1.56. The Hall–Kier alpha value is -2.08. The average Bonchev–Trinajstić information content (AvgIpc) is 2.30. The molecule has 0 radical (unpaired) electrons. The molecular formula is C10H12N4O2. The number of piperazine rings is 1. The van der Waals surface area contributed by atoms with Crippen molar-refractivity contribution in [2.75, 3.05) is 26.2 Å². The van der Waals surface area contributed by atoms with Crippen molar-refractivity contribution in [1.82, 2.24) is 9.80 Å². The van der Waals surface area contributed by atoms with Crippen LogP contribution in [-0.2, 0) is 9.59 Å². The summed E-state index contributed by atoms with van der Waals surface area (Å²) >= 11 is 0. The van der Waals surface area contributed by atoms with Gasteiger partial charge in [-0.3, -0.25) is 9.59 Å². The third kappa shape index (κ3) is 2.96. The van der Waals surface area contributed by atoms with Gasteiger partial charge in [-0.25, -0.2) is 0 Å². The topological polar surface area (TPSA) is 88.2 Å². The molecule has 6 nitrogen and oxygen atoms in total. The normalized spacial score (nSPS) is 15.1. The van der Waals surface area contributed by atoms with Gasteiger partial charge in [0.05, 0.1) is 12.1 Å². The van der Waals surface area contributed by atoms with Crippen LogP contribution >= 0.6 is 0 Å². The Balaban J connectivity index is 2.40. The van der Waals surface area contributed by atoms with Crippen LogP contribution in [0, 0.1) is 22.7 Å². The van der Waals surface area contributed by atoms with E-state index in [0.717, 1.165) is 0 Å². The second kappa shape index (κ2) is 5.72. The van der Waals surface area contributed by atoms with E-state index in [2.05, 4.69) is 0 Å². The van der Waals surface area contributed by atoms with E-state index in [1.807, 2.05) is 0 Å². The monoisotopic (exact) mass is 220 g/mol. The highest BCUT2D eigenvalue weighted by Gasteiger charge is 2.23. The molecule has 2 amide bonds. The second-order valence-electron chi connectivity index (χ2n) is 3.43. The summed E-state index contributed by atoms with van der Waals surface area (Å²) in [5.41, 5.74) is 0. The van der Waals surface area contributed by atoms with Crippen molar-refractivity contribution in [2.45, 2.75) is 12.8 Å². The maximum atomic E-state index is 11.3. The molecule has 0 spiro atoms. The Bertz CT molecular complexity index is 322. The molecule has 1 rings (SSSR count). The maximum Gasteiger partial charge on any atom is 0.236 e.